The number of fused-ring (bicyclic) bond motifs is 1. The summed E-state index contributed by atoms with van der Waals surface area (Å²) in [6, 6.07) is 3.67. The lowest BCUT2D eigenvalue weighted by molar-refractivity contribution is -0.721. The van der Waals surface area contributed by atoms with Gasteiger partial charge in [0.15, 0.2) is 0 Å². The maximum atomic E-state index is 3.91. The van der Waals surface area contributed by atoms with Crippen LogP contribution in [0, 0.1) is 0 Å². The summed E-state index contributed by atoms with van der Waals surface area (Å²) >= 11 is 0. The molecule has 1 aromatic heterocycles. The predicted octanol–water partition coefficient (Wildman–Crippen LogP) is -0.590. The SMILES string of the molecule is C1=N[n+]2ncccc2[N]1. The summed E-state index contributed by atoms with van der Waals surface area (Å²) in [5.41, 5.74) is 0. The molecule has 0 N–H and O–H groups in total. The number of hydrogen-bond acceptors (Lipinski definition) is 2. The van der Waals surface area contributed by atoms with Crippen LogP contribution in [-0.4, -0.2) is 11.4 Å². The Morgan fingerprint density at radius 2 is 2.44 bits per heavy atom. The summed E-state index contributed by atoms with van der Waals surface area (Å²) < 4.78 is 0. The summed E-state index contributed by atoms with van der Waals surface area (Å²) in [6.45, 7) is 0. The zero-order valence-electron chi connectivity index (χ0n) is 4.60. The summed E-state index contributed by atoms with van der Waals surface area (Å²) in [5.74, 6) is 0.775. The molecule has 0 atom stereocenters. The van der Waals surface area contributed by atoms with E-state index < -0.39 is 0 Å². The number of rotatable bonds is 0. The van der Waals surface area contributed by atoms with Gasteiger partial charge in [-0.3, -0.25) is 0 Å². The summed E-state index contributed by atoms with van der Waals surface area (Å²) in [6.07, 6.45) is 3.14. The third kappa shape index (κ3) is 0.561. The second kappa shape index (κ2) is 1.51. The van der Waals surface area contributed by atoms with Gasteiger partial charge in [-0.25, -0.2) is 0 Å². The molecule has 2 heterocycles. The van der Waals surface area contributed by atoms with E-state index in [-0.39, 0.29) is 0 Å². The highest BCUT2D eigenvalue weighted by Gasteiger charge is 2.16. The molecule has 0 amide bonds. The van der Waals surface area contributed by atoms with Crippen molar-refractivity contribution in [1.82, 2.24) is 10.4 Å². The standard InChI is InChI=1S/C5H4N4/c1-2-5-6-4-8-9(5)7-3-1/h1-4H/q+1. The molecule has 0 aliphatic carbocycles. The Hall–Kier alpha value is -1.45. The van der Waals surface area contributed by atoms with Crippen LogP contribution in [0.25, 0.3) is 0 Å². The summed E-state index contributed by atoms with van der Waals surface area (Å²) in [7, 11) is 0. The molecular weight excluding hydrogens is 116 g/mol. The Bertz CT molecular complexity index is 255. The van der Waals surface area contributed by atoms with E-state index in [9.17, 15) is 0 Å². The Labute approximate surface area is 51.8 Å². The zero-order valence-corrected chi connectivity index (χ0v) is 4.60. The first-order chi connectivity index (χ1) is 4.47. The van der Waals surface area contributed by atoms with Crippen LogP contribution < -0.4 is 10.1 Å². The molecule has 0 spiro atoms. The first-order valence-corrected chi connectivity index (χ1v) is 2.58. The van der Waals surface area contributed by atoms with Gasteiger partial charge in [0.05, 0.1) is 6.20 Å². The zero-order chi connectivity index (χ0) is 6.10. The molecule has 4 nitrogen and oxygen atoms in total. The average Bonchev–Trinajstić information content (AvgIpc) is 2.33. The first kappa shape index (κ1) is 4.43. The molecule has 0 fully saturated rings. The van der Waals surface area contributed by atoms with Gasteiger partial charge in [-0.2, -0.15) is 0 Å². The van der Waals surface area contributed by atoms with Crippen molar-refractivity contribution >= 4 is 12.2 Å². The molecule has 0 unspecified atom stereocenters. The van der Waals surface area contributed by atoms with E-state index in [2.05, 4.69) is 15.5 Å². The average molecular weight is 120 g/mol. The molecule has 0 aromatic carbocycles. The molecule has 0 bridgehead atoms. The fourth-order valence-corrected chi connectivity index (χ4v) is 0.674. The van der Waals surface area contributed by atoms with Crippen molar-refractivity contribution in [1.29, 1.82) is 0 Å². The van der Waals surface area contributed by atoms with Crippen molar-refractivity contribution in [2.24, 2.45) is 5.10 Å². The van der Waals surface area contributed by atoms with Gasteiger partial charge < -0.3 is 0 Å². The predicted molar refractivity (Wildman–Crippen MR) is 30.1 cm³/mol. The second-order valence-corrected chi connectivity index (χ2v) is 1.63. The van der Waals surface area contributed by atoms with Crippen molar-refractivity contribution in [3.8, 4) is 0 Å². The Morgan fingerprint density at radius 1 is 1.44 bits per heavy atom. The summed E-state index contributed by atoms with van der Waals surface area (Å²) in [4.78, 5) is 1.47. The molecule has 4 heteroatoms. The first-order valence-electron chi connectivity index (χ1n) is 2.58. The lowest BCUT2D eigenvalue weighted by Gasteiger charge is -1.80. The van der Waals surface area contributed by atoms with E-state index in [0.717, 1.165) is 5.82 Å². The molecule has 2 rings (SSSR count). The van der Waals surface area contributed by atoms with Gasteiger partial charge in [0.25, 0.3) is 6.34 Å². The molecule has 0 saturated heterocycles. The quantitative estimate of drug-likeness (QED) is 0.422. The van der Waals surface area contributed by atoms with Crippen LogP contribution in [0.15, 0.2) is 23.4 Å². The van der Waals surface area contributed by atoms with Gasteiger partial charge in [-0.15, -0.1) is 0 Å². The molecular formula is C5H4N4+. The number of hydrogen-bond donors (Lipinski definition) is 0. The Morgan fingerprint density at radius 3 is 3.33 bits per heavy atom. The van der Waals surface area contributed by atoms with Crippen molar-refractivity contribution in [2.75, 3.05) is 0 Å². The minimum absolute atomic E-state index is 0.775. The van der Waals surface area contributed by atoms with E-state index in [1.54, 1.807) is 6.20 Å². The van der Waals surface area contributed by atoms with E-state index in [1.165, 1.54) is 11.1 Å². The maximum Gasteiger partial charge on any atom is 0.372 e. The smallest absolute Gasteiger partial charge is 0.0633 e. The molecule has 0 saturated carbocycles. The largest absolute Gasteiger partial charge is 0.372 e. The highest BCUT2D eigenvalue weighted by Crippen LogP contribution is 1.96. The molecule has 43 valence electrons. The van der Waals surface area contributed by atoms with Gasteiger partial charge >= 0.3 is 5.82 Å². The van der Waals surface area contributed by atoms with Crippen LogP contribution in [0.1, 0.15) is 0 Å². The maximum absolute atomic E-state index is 3.91. The van der Waals surface area contributed by atoms with Crippen molar-refractivity contribution in [2.45, 2.75) is 0 Å². The normalized spacial score (nSPS) is 12.9. The van der Waals surface area contributed by atoms with Crippen LogP contribution in [0.5, 0.6) is 0 Å². The highest BCUT2D eigenvalue weighted by molar-refractivity contribution is 5.60. The lowest BCUT2D eigenvalue weighted by atomic mass is 10.5. The van der Waals surface area contributed by atoms with Crippen LogP contribution in [-0.2, 0) is 0 Å². The van der Waals surface area contributed by atoms with Crippen LogP contribution in [0.4, 0.5) is 5.82 Å². The molecule has 9 heavy (non-hydrogen) atoms. The van der Waals surface area contributed by atoms with Gasteiger partial charge in [0.1, 0.15) is 0 Å². The molecule has 1 aliphatic heterocycles. The minimum atomic E-state index is 0.775. The second-order valence-electron chi connectivity index (χ2n) is 1.63. The molecule has 1 radical (unpaired) electrons. The topological polar surface area (TPSA) is 43.2 Å². The third-order valence-corrected chi connectivity index (χ3v) is 1.06. The Balaban J connectivity index is 2.63. The summed E-state index contributed by atoms with van der Waals surface area (Å²) in [5, 5.41) is 11.6. The number of aromatic nitrogens is 2. The van der Waals surface area contributed by atoms with Gasteiger partial charge in [-0.05, 0) is 16.5 Å². The fourth-order valence-electron chi connectivity index (χ4n) is 0.674. The minimum Gasteiger partial charge on any atom is -0.0633 e. The van der Waals surface area contributed by atoms with E-state index in [0.29, 0.717) is 0 Å². The molecule has 1 aromatic rings. The fraction of sp³-hybridized carbons (Fsp3) is 0. The Kier molecular flexibility index (Phi) is 0.745. The third-order valence-electron chi connectivity index (χ3n) is 1.06. The van der Waals surface area contributed by atoms with Gasteiger partial charge in [0.2, 0.25) is 0 Å². The van der Waals surface area contributed by atoms with Crippen molar-refractivity contribution in [3.63, 3.8) is 0 Å². The van der Waals surface area contributed by atoms with E-state index >= 15 is 0 Å². The van der Waals surface area contributed by atoms with Crippen LogP contribution in [0.3, 0.4) is 0 Å². The van der Waals surface area contributed by atoms with Crippen molar-refractivity contribution < 1.29 is 4.79 Å². The van der Waals surface area contributed by atoms with Crippen LogP contribution >= 0.6 is 0 Å². The van der Waals surface area contributed by atoms with E-state index in [1.807, 2.05) is 12.1 Å². The molecule has 1 aliphatic rings. The van der Waals surface area contributed by atoms with Crippen molar-refractivity contribution in [3.05, 3.63) is 18.3 Å². The monoisotopic (exact) mass is 120 g/mol. The van der Waals surface area contributed by atoms with E-state index in [4.69, 9.17) is 0 Å². The van der Waals surface area contributed by atoms with Gasteiger partial charge in [0, 0.05) is 10.9 Å². The highest BCUT2D eigenvalue weighted by atomic mass is 15.6. The van der Waals surface area contributed by atoms with Crippen LogP contribution in [0.2, 0.25) is 0 Å². The lowest BCUT2D eigenvalue weighted by Crippen LogP contribution is -2.29. The van der Waals surface area contributed by atoms with Gasteiger partial charge in [-0.1, -0.05) is 5.10 Å². The number of nitrogens with zero attached hydrogens (tertiary/aromatic N) is 4.